The van der Waals surface area contributed by atoms with E-state index in [0.717, 1.165) is 11.3 Å². The van der Waals surface area contributed by atoms with Crippen molar-refractivity contribution in [3.8, 4) is 0 Å². The number of imidazole rings is 1. The molecule has 13 heteroatoms. The van der Waals surface area contributed by atoms with Crippen LogP contribution in [0, 0.1) is 0 Å². The first kappa shape index (κ1) is 25.9. The van der Waals surface area contributed by atoms with Crippen LogP contribution < -0.4 is 15.5 Å². The summed E-state index contributed by atoms with van der Waals surface area (Å²) in [6.45, 7) is 7.10. The second kappa shape index (κ2) is 11.6. The minimum absolute atomic E-state index is 0.0331. The summed E-state index contributed by atoms with van der Waals surface area (Å²) in [5, 5.41) is 6.30. The van der Waals surface area contributed by atoms with Gasteiger partial charge >= 0.3 is 5.97 Å². The maximum Gasteiger partial charge on any atom is 0.350 e. The largest absolute Gasteiger partial charge is 0.462 e. The van der Waals surface area contributed by atoms with E-state index in [1.54, 1.807) is 6.92 Å². The van der Waals surface area contributed by atoms with Crippen molar-refractivity contribution in [2.75, 3.05) is 38.3 Å². The minimum Gasteiger partial charge on any atom is -0.462 e. The van der Waals surface area contributed by atoms with Gasteiger partial charge in [-0.05, 0) is 26.7 Å². The summed E-state index contributed by atoms with van der Waals surface area (Å²) >= 11 is 7.17. The molecule has 0 radical (unpaired) electrons. The van der Waals surface area contributed by atoms with E-state index < -0.39 is 11.9 Å². The van der Waals surface area contributed by atoms with Crippen LogP contribution in [0.3, 0.4) is 0 Å². The Morgan fingerprint density at radius 2 is 1.97 bits per heavy atom. The number of carbonyl (C=O) groups excluding carboxylic acids is 3. The van der Waals surface area contributed by atoms with Gasteiger partial charge in [0.25, 0.3) is 11.8 Å². The lowest BCUT2D eigenvalue weighted by Crippen LogP contribution is -2.55. The van der Waals surface area contributed by atoms with Crippen molar-refractivity contribution < 1.29 is 23.9 Å². The van der Waals surface area contributed by atoms with Crippen molar-refractivity contribution in [2.45, 2.75) is 45.8 Å². The smallest absolute Gasteiger partial charge is 0.350 e. The predicted octanol–water partition coefficient (Wildman–Crippen LogP) is 2.03. The molecule has 1 aliphatic heterocycles. The normalized spacial score (nSPS) is 18.0. The molecule has 186 valence electrons. The second-order valence-electron chi connectivity index (χ2n) is 7.49. The quantitative estimate of drug-likeness (QED) is 0.434. The zero-order valence-electron chi connectivity index (χ0n) is 19.6. The maximum atomic E-state index is 12.7. The highest BCUT2D eigenvalue weighted by molar-refractivity contribution is 7.17. The lowest BCUT2D eigenvalue weighted by molar-refractivity contribution is 0.0271. The molecule has 1 saturated heterocycles. The van der Waals surface area contributed by atoms with Crippen molar-refractivity contribution in [1.29, 1.82) is 0 Å². The Balaban J connectivity index is 1.77. The maximum absolute atomic E-state index is 12.7. The molecule has 3 heterocycles. The third-order valence-electron chi connectivity index (χ3n) is 5.34. The number of aromatic amines is 1. The predicted molar refractivity (Wildman–Crippen MR) is 128 cm³/mol. The fourth-order valence-corrected chi connectivity index (χ4v) is 4.91. The molecule has 0 spiro atoms. The molecule has 0 bridgehead atoms. The number of nitrogens with zero attached hydrogens (tertiary/aromatic N) is 3. The number of esters is 1. The summed E-state index contributed by atoms with van der Waals surface area (Å²) < 4.78 is 11.0. The third-order valence-corrected chi connectivity index (χ3v) is 6.75. The van der Waals surface area contributed by atoms with Gasteiger partial charge in [0, 0.05) is 26.7 Å². The molecule has 1 aliphatic rings. The summed E-state index contributed by atoms with van der Waals surface area (Å²) in [5.74, 6) is -1.24. The molecule has 3 rings (SSSR count). The van der Waals surface area contributed by atoms with Crippen LogP contribution in [0.1, 0.15) is 63.7 Å². The lowest BCUT2D eigenvalue weighted by Gasteiger charge is -2.38. The standard InChI is InChI=1S/C21H29ClN6O5S/c1-5-11-16(22)27-17(24-11)19(30)25-12-8-9-28(10-13(12)32-6-2)21-26-14(18(29)23-4)15(34-21)20(31)33-7-3/h12-13H,5-10H2,1-4H3,(H,23,29)(H,24,27)(H,25,30)/t12-,13+/m1/s1. The zero-order valence-corrected chi connectivity index (χ0v) is 21.1. The Morgan fingerprint density at radius 3 is 2.59 bits per heavy atom. The summed E-state index contributed by atoms with van der Waals surface area (Å²) in [7, 11) is 1.48. The SMILES string of the molecule is CCOC(=O)c1sc(N2CC[C@@H](NC(=O)c3nc(Cl)c(CC)[nH]3)[C@@H](OCC)C2)nc1C(=O)NC. The number of nitrogens with one attached hydrogen (secondary N) is 3. The van der Waals surface area contributed by atoms with Crippen LogP contribution in [-0.4, -0.2) is 78.2 Å². The number of ether oxygens (including phenoxy) is 2. The van der Waals surface area contributed by atoms with Gasteiger partial charge in [-0.15, -0.1) is 0 Å². The Morgan fingerprint density at radius 1 is 1.21 bits per heavy atom. The second-order valence-corrected chi connectivity index (χ2v) is 8.83. The molecule has 0 aromatic carbocycles. The van der Waals surface area contributed by atoms with Crippen LogP contribution in [-0.2, 0) is 15.9 Å². The van der Waals surface area contributed by atoms with Gasteiger partial charge in [-0.3, -0.25) is 9.59 Å². The van der Waals surface area contributed by atoms with Crippen molar-refractivity contribution in [3.05, 3.63) is 27.2 Å². The van der Waals surface area contributed by atoms with Gasteiger partial charge in [0.05, 0.1) is 24.4 Å². The number of halogens is 1. The molecule has 2 aromatic rings. The molecule has 2 amide bonds. The van der Waals surface area contributed by atoms with Crippen molar-refractivity contribution in [3.63, 3.8) is 0 Å². The molecule has 11 nitrogen and oxygen atoms in total. The number of amides is 2. The number of hydrogen-bond acceptors (Lipinski definition) is 9. The summed E-state index contributed by atoms with van der Waals surface area (Å²) in [6, 6.07) is -0.263. The summed E-state index contributed by atoms with van der Waals surface area (Å²) in [4.78, 5) is 51.0. The highest BCUT2D eigenvalue weighted by Gasteiger charge is 2.34. The van der Waals surface area contributed by atoms with Crippen LogP contribution in [0.4, 0.5) is 5.13 Å². The fourth-order valence-electron chi connectivity index (χ4n) is 3.66. The minimum atomic E-state index is -0.586. The van der Waals surface area contributed by atoms with Crippen LogP contribution in [0.5, 0.6) is 0 Å². The summed E-state index contributed by atoms with van der Waals surface area (Å²) in [6.07, 6.45) is 0.866. The van der Waals surface area contributed by atoms with Crippen molar-refractivity contribution >= 4 is 45.9 Å². The number of thiazole rings is 1. The first-order valence-electron chi connectivity index (χ1n) is 11.1. The number of aryl methyl sites for hydroxylation is 1. The van der Waals surface area contributed by atoms with Gasteiger partial charge in [-0.1, -0.05) is 29.9 Å². The Labute approximate surface area is 206 Å². The first-order valence-corrected chi connectivity index (χ1v) is 12.3. The summed E-state index contributed by atoms with van der Waals surface area (Å²) in [5.41, 5.74) is 0.738. The molecule has 3 N–H and O–H groups in total. The first-order chi connectivity index (χ1) is 16.3. The molecule has 2 aromatic heterocycles. The van der Waals surface area contributed by atoms with E-state index in [4.69, 9.17) is 21.1 Å². The van der Waals surface area contributed by atoms with Crippen molar-refractivity contribution in [2.24, 2.45) is 0 Å². The molecular weight excluding hydrogens is 484 g/mol. The van der Waals surface area contributed by atoms with Crippen LogP contribution in [0.25, 0.3) is 0 Å². The third kappa shape index (κ3) is 5.68. The van der Waals surface area contributed by atoms with Gasteiger partial charge in [0.15, 0.2) is 21.8 Å². The lowest BCUT2D eigenvalue weighted by atomic mass is 10.0. The molecule has 0 aliphatic carbocycles. The van der Waals surface area contributed by atoms with E-state index in [1.807, 2.05) is 18.7 Å². The van der Waals surface area contributed by atoms with Crippen LogP contribution in [0.2, 0.25) is 5.15 Å². The highest BCUT2D eigenvalue weighted by atomic mass is 35.5. The molecule has 34 heavy (non-hydrogen) atoms. The number of rotatable bonds is 9. The van der Waals surface area contributed by atoms with Crippen molar-refractivity contribution in [1.82, 2.24) is 25.6 Å². The number of carbonyl (C=O) groups is 3. The van der Waals surface area contributed by atoms with E-state index in [0.29, 0.717) is 43.4 Å². The van der Waals surface area contributed by atoms with Crippen LogP contribution >= 0.6 is 22.9 Å². The number of aromatic nitrogens is 3. The Hall–Kier alpha value is -2.70. The van der Waals surface area contributed by atoms with Gasteiger partial charge < -0.3 is 30.0 Å². The average molecular weight is 513 g/mol. The van der Waals surface area contributed by atoms with Gasteiger partial charge in [-0.2, -0.15) is 0 Å². The molecule has 0 unspecified atom stereocenters. The van der Waals surface area contributed by atoms with Gasteiger partial charge in [0.1, 0.15) is 4.88 Å². The van der Waals surface area contributed by atoms with E-state index in [9.17, 15) is 14.4 Å². The monoisotopic (exact) mass is 512 g/mol. The Bertz CT molecular complexity index is 1040. The zero-order chi connectivity index (χ0) is 24.8. The van der Waals surface area contributed by atoms with Gasteiger partial charge in [0.2, 0.25) is 0 Å². The van der Waals surface area contributed by atoms with Gasteiger partial charge in [-0.25, -0.2) is 14.8 Å². The molecular formula is C21H29ClN6O5S. The van der Waals surface area contributed by atoms with Crippen LogP contribution in [0.15, 0.2) is 0 Å². The van der Waals surface area contributed by atoms with E-state index in [1.165, 1.54) is 7.05 Å². The highest BCUT2D eigenvalue weighted by Crippen LogP contribution is 2.30. The Kier molecular flexibility index (Phi) is 8.86. The molecule has 0 saturated carbocycles. The molecule has 2 atom stereocenters. The van der Waals surface area contributed by atoms with E-state index in [-0.39, 0.29) is 46.2 Å². The number of hydrogen-bond donors (Lipinski definition) is 3. The number of anilines is 1. The topological polar surface area (TPSA) is 139 Å². The van der Waals surface area contributed by atoms with E-state index >= 15 is 0 Å². The fraction of sp³-hybridized carbons (Fsp3) is 0.571. The number of H-pyrrole nitrogens is 1. The average Bonchev–Trinajstić information content (AvgIpc) is 3.44. The molecule has 1 fully saturated rings. The number of piperidine rings is 1. The van der Waals surface area contributed by atoms with E-state index in [2.05, 4.69) is 25.6 Å².